The maximum atomic E-state index is 10.5. The fourth-order valence-electron chi connectivity index (χ4n) is 2.03. The molecule has 0 saturated heterocycles. The van der Waals surface area contributed by atoms with Crippen LogP contribution in [0.4, 0.5) is 5.69 Å². The largest absolute Gasteiger partial charge is 0.481 e. The van der Waals surface area contributed by atoms with E-state index >= 15 is 0 Å². The van der Waals surface area contributed by atoms with E-state index in [9.17, 15) is 4.79 Å². The Kier molecular flexibility index (Phi) is 4.79. The second kappa shape index (κ2) is 6.57. The molecule has 2 rings (SSSR count). The molecule has 1 aromatic carbocycles. The van der Waals surface area contributed by atoms with Gasteiger partial charge in [0.1, 0.15) is 0 Å². The molecule has 1 atom stereocenters. The third kappa shape index (κ3) is 3.84. The number of pyridine rings is 1. The van der Waals surface area contributed by atoms with Crippen molar-refractivity contribution < 1.29 is 9.90 Å². The van der Waals surface area contributed by atoms with Crippen LogP contribution in [0.3, 0.4) is 0 Å². The average molecular weight is 293 g/mol. The van der Waals surface area contributed by atoms with Gasteiger partial charge >= 0.3 is 5.97 Å². The molecule has 20 heavy (non-hydrogen) atoms. The fourth-order valence-corrected chi connectivity index (χ4v) is 2.20. The van der Waals surface area contributed by atoms with Gasteiger partial charge in [-0.15, -0.1) is 0 Å². The Bertz CT molecular complexity index is 616. The van der Waals surface area contributed by atoms with Crippen molar-refractivity contribution in [2.45, 2.75) is 19.8 Å². The third-order valence-electron chi connectivity index (χ3n) is 3.20. The summed E-state index contributed by atoms with van der Waals surface area (Å²) in [5, 5.41) is 13.7. The van der Waals surface area contributed by atoms with Gasteiger partial charge in [0.25, 0.3) is 0 Å². The van der Waals surface area contributed by atoms with Crippen molar-refractivity contribution in [3.63, 3.8) is 0 Å². The molecule has 5 heteroatoms. The first-order chi connectivity index (χ1) is 9.56. The summed E-state index contributed by atoms with van der Waals surface area (Å²) >= 11 is 5.95. The number of carboxylic acid groups (broad SMARTS) is 1. The molecule has 106 valence electrons. The van der Waals surface area contributed by atoms with Crippen molar-refractivity contribution in [1.82, 2.24) is 4.98 Å². The van der Waals surface area contributed by atoms with E-state index in [0.29, 0.717) is 17.4 Å². The van der Waals surface area contributed by atoms with Crippen LogP contribution in [-0.4, -0.2) is 22.6 Å². The number of benzene rings is 1. The van der Waals surface area contributed by atoms with Crippen LogP contribution >= 0.6 is 11.6 Å². The second-order valence-electron chi connectivity index (χ2n) is 4.94. The Morgan fingerprint density at radius 3 is 3.00 bits per heavy atom. The van der Waals surface area contributed by atoms with Crippen LogP contribution in [0.1, 0.15) is 19.8 Å². The summed E-state index contributed by atoms with van der Waals surface area (Å²) in [5.74, 6) is -0.456. The fraction of sp³-hybridized carbons (Fsp3) is 0.333. The molecule has 0 saturated carbocycles. The third-order valence-corrected chi connectivity index (χ3v) is 3.43. The van der Waals surface area contributed by atoms with Gasteiger partial charge in [-0.3, -0.25) is 9.78 Å². The quantitative estimate of drug-likeness (QED) is 0.850. The number of carboxylic acids is 1. The molecule has 0 fully saturated rings. The molecule has 0 spiro atoms. The number of carbonyl (C=O) groups is 1. The molecule has 2 aromatic rings. The van der Waals surface area contributed by atoms with Crippen LogP contribution in [0.15, 0.2) is 30.5 Å². The highest BCUT2D eigenvalue weighted by Gasteiger charge is 2.07. The number of nitrogens with zero attached hydrogens (tertiary/aromatic N) is 1. The molecular formula is C15H17ClN2O2. The van der Waals surface area contributed by atoms with Crippen molar-refractivity contribution >= 4 is 34.2 Å². The number of aromatic nitrogens is 1. The average Bonchev–Trinajstić information content (AvgIpc) is 2.42. The molecule has 1 heterocycles. The molecule has 0 aliphatic carbocycles. The maximum Gasteiger partial charge on any atom is 0.303 e. The van der Waals surface area contributed by atoms with E-state index < -0.39 is 5.97 Å². The van der Waals surface area contributed by atoms with E-state index in [1.807, 2.05) is 31.2 Å². The Balaban J connectivity index is 2.04. The van der Waals surface area contributed by atoms with Gasteiger partial charge in [-0.2, -0.15) is 0 Å². The first-order valence-electron chi connectivity index (χ1n) is 6.56. The standard InChI is InChI=1S/C15H17ClN2O2/c1-10(2-5-15(19)20)9-18-13-6-7-17-14-8-11(16)3-4-12(13)14/h3-4,6-8,10H,2,5,9H2,1H3,(H,17,18)(H,19,20). The second-order valence-corrected chi connectivity index (χ2v) is 5.37. The monoisotopic (exact) mass is 292 g/mol. The summed E-state index contributed by atoms with van der Waals surface area (Å²) in [5.41, 5.74) is 1.84. The van der Waals surface area contributed by atoms with Crippen molar-refractivity contribution in [2.75, 3.05) is 11.9 Å². The Morgan fingerprint density at radius 2 is 2.25 bits per heavy atom. The lowest BCUT2D eigenvalue weighted by molar-refractivity contribution is -0.137. The number of aliphatic carboxylic acids is 1. The minimum atomic E-state index is -0.749. The number of halogens is 1. The Labute approximate surface area is 122 Å². The maximum absolute atomic E-state index is 10.5. The predicted molar refractivity (Wildman–Crippen MR) is 81.3 cm³/mol. The normalized spacial score (nSPS) is 12.3. The lowest BCUT2D eigenvalue weighted by Gasteiger charge is -2.14. The van der Waals surface area contributed by atoms with Crippen LogP contribution < -0.4 is 5.32 Å². The molecule has 0 radical (unpaired) electrons. The molecule has 0 amide bonds. The summed E-state index contributed by atoms with van der Waals surface area (Å²) in [6.07, 6.45) is 2.61. The predicted octanol–water partition coefficient (Wildman–Crippen LogP) is 3.80. The van der Waals surface area contributed by atoms with Crippen molar-refractivity contribution in [3.8, 4) is 0 Å². The molecule has 0 aliphatic rings. The number of hydrogen-bond donors (Lipinski definition) is 2. The molecule has 0 bridgehead atoms. The van der Waals surface area contributed by atoms with Gasteiger partial charge in [-0.1, -0.05) is 18.5 Å². The zero-order valence-corrected chi connectivity index (χ0v) is 12.0. The van der Waals surface area contributed by atoms with Gasteiger partial charge in [-0.05, 0) is 36.6 Å². The minimum Gasteiger partial charge on any atom is -0.481 e. The zero-order chi connectivity index (χ0) is 14.5. The lowest BCUT2D eigenvalue weighted by Crippen LogP contribution is -2.13. The van der Waals surface area contributed by atoms with E-state index in [-0.39, 0.29) is 6.42 Å². The topological polar surface area (TPSA) is 62.2 Å². The van der Waals surface area contributed by atoms with Crippen LogP contribution in [-0.2, 0) is 4.79 Å². The summed E-state index contributed by atoms with van der Waals surface area (Å²) in [4.78, 5) is 14.8. The van der Waals surface area contributed by atoms with E-state index in [1.54, 1.807) is 6.20 Å². The van der Waals surface area contributed by atoms with Gasteiger partial charge in [0.05, 0.1) is 5.52 Å². The van der Waals surface area contributed by atoms with Gasteiger partial charge in [-0.25, -0.2) is 0 Å². The van der Waals surface area contributed by atoms with E-state index in [4.69, 9.17) is 16.7 Å². The van der Waals surface area contributed by atoms with Crippen LogP contribution in [0, 0.1) is 5.92 Å². The molecule has 1 aromatic heterocycles. The van der Waals surface area contributed by atoms with Crippen molar-refractivity contribution in [2.24, 2.45) is 5.92 Å². The molecular weight excluding hydrogens is 276 g/mol. The summed E-state index contributed by atoms with van der Waals surface area (Å²) in [6, 6.07) is 7.52. The summed E-state index contributed by atoms with van der Waals surface area (Å²) < 4.78 is 0. The SMILES string of the molecule is CC(CCC(=O)O)CNc1ccnc2cc(Cl)ccc12. The summed E-state index contributed by atoms with van der Waals surface area (Å²) in [6.45, 7) is 2.77. The van der Waals surface area contributed by atoms with Crippen molar-refractivity contribution in [1.29, 1.82) is 0 Å². The lowest BCUT2D eigenvalue weighted by atomic mass is 10.1. The minimum absolute atomic E-state index is 0.204. The van der Waals surface area contributed by atoms with Crippen molar-refractivity contribution in [3.05, 3.63) is 35.5 Å². The number of fused-ring (bicyclic) bond motifs is 1. The molecule has 0 aliphatic heterocycles. The Hall–Kier alpha value is -1.81. The van der Waals surface area contributed by atoms with Crippen LogP contribution in [0.2, 0.25) is 5.02 Å². The number of nitrogens with one attached hydrogen (secondary N) is 1. The van der Waals surface area contributed by atoms with Gasteiger partial charge in [0.2, 0.25) is 0 Å². The van der Waals surface area contributed by atoms with Gasteiger partial charge in [0.15, 0.2) is 0 Å². The molecule has 4 nitrogen and oxygen atoms in total. The van der Waals surface area contributed by atoms with E-state index in [2.05, 4.69) is 10.3 Å². The molecule has 1 unspecified atom stereocenters. The van der Waals surface area contributed by atoms with Crippen LogP contribution in [0.5, 0.6) is 0 Å². The van der Waals surface area contributed by atoms with Gasteiger partial charge < -0.3 is 10.4 Å². The smallest absolute Gasteiger partial charge is 0.303 e. The highest BCUT2D eigenvalue weighted by Crippen LogP contribution is 2.24. The summed E-state index contributed by atoms with van der Waals surface area (Å²) in [7, 11) is 0. The zero-order valence-electron chi connectivity index (χ0n) is 11.3. The number of rotatable bonds is 6. The first kappa shape index (κ1) is 14.6. The first-order valence-corrected chi connectivity index (χ1v) is 6.94. The van der Waals surface area contributed by atoms with E-state index in [1.165, 1.54) is 0 Å². The Morgan fingerprint density at radius 1 is 1.45 bits per heavy atom. The number of anilines is 1. The number of hydrogen-bond acceptors (Lipinski definition) is 3. The highest BCUT2D eigenvalue weighted by atomic mass is 35.5. The van der Waals surface area contributed by atoms with Crippen LogP contribution in [0.25, 0.3) is 10.9 Å². The highest BCUT2D eigenvalue weighted by molar-refractivity contribution is 6.31. The van der Waals surface area contributed by atoms with E-state index in [0.717, 1.165) is 23.1 Å². The molecule has 2 N–H and O–H groups in total. The van der Waals surface area contributed by atoms with Gasteiger partial charge in [0, 0.05) is 35.3 Å².